The number of sulfone groups is 1. The van der Waals surface area contributed by atoms with E-state index in [0.717, 1.165) is 6.26 Å². The van der Waals surface area contributed by atoms with Crippen LogP contribution in [0.25, 0.3) is 0 Å². The first-order valence-electron chi connectivity index (χ1n) is 3.57. The Bertz CT molecular complexity index is 339. The Balaban J connectivity index is 3.82. The molecule has 0 amide bonds. The van der Waals surface area contributed by atoms with Gasteiger partial charge in [0.15, 0.2) is 9.84 Å². The van der Waals surface area contributed by atoms with Gasteiger partial charge in [-0.15, -0.1) is 0 Å². The fraction of sp³-hybridized carbons (Fsp3) is 0.429. The average Bonchev–Trinajstić information content (AvgIpc) is 1.98. The van der Waals surface area contributed by atoms with Crippen molar-refractivity contribution >= 4 is 21.8 Å². The number of hydrogen-bond donors (Lipinski definition) is 1. The second-order valence-corrected chi connectivity index (χ2v) is 4.73. The first-order valence-corrected chi connectivity index (χ1v) is 5.63. The predicted octanol–water partition coefficient (Wildman–Crippen LogP) is -0.785. The minimum Gasteiger partial charge on any atom is -0.478 e. The molecule has 0 unspecified atom stereocenters. The van der Waals surface area contributed by atoms with Crippen LogP contribution in [-0.2, 0) is 24.2 Å². The molecule has 0 fully saturated rings. The van der Waals surface area contributed by atoms with Crippen molar-refractivity contribution in [2.75, 3.05) is 18.6 Å². The lowest BCUT2D eigenvalue weighted by Gasteiger charge is -1.99. The molecule has 0 aromatic rings. The highest BCUT2D eigenvalue weighted by Gasteiger charge is 2.04. The zero-order valence-corrected chi connectivity index (χ0v) is 8.28. The Labute approximate surface area is 81.1 Å². The Morgan fingerprint density at radius 3 is 2.36 bits per heavy atom. The van der Waals surface area contributed by atoms with Gasteiger partial charge in [-0.3, -0.25) is 0 Å². The van der Waals surface area contributed by atoms with Crippen molar-refractivity contribution in [2.24, 2.45) is 0 Å². The van der Waals surface area contributed by atoms with Crippen LogP contribution >= 0.6 is 0 Å². The molecule has 6 nitrogen and oxygen atoms in total. The molecule has 0 bridgehead atoms. The largest absolute Gasteiger partial charge is 0.478 e. The van der Waals surface area contributed by atoms with Crippen LogP contribution in [0.5, 0.6) is 0 Å². The van der Waals surface area contributed by atoms with Gasteiger partial charge in [-0.1, -0.05) is 0 Å². The van der Waals surface area contributed by atoms with Gasteiger partial charge in [0.2, 0.25) is 0 Å². The fourth-order valence-corrected chi connectivity index (χ4v) is 0.867. The number of carboxylic acids is 1. The lowest BCUT2D eigenvalue weighted by atomic mass is 10.5. The zero-order valence-electron chi connectivity index (χ0n) is 7.47. The van der Waals surface area contributed by atoms with Gasteiger partial charge < -0.3 is 9.84 Å². The van der Waals surface area contributed by atoms with Gasteiger partial charge in [0.25, 0.3) is 0 Å². The van der Waals surface area contributed by atoms with E-state index in [9.17, 15) is 18.0 Å². The minimum atomic E-state index is -3.17. The second kappa shape index (κ2) is 5.38. The van der Waals surface area contributed by atoms with Gasteiger partial charge in [-0.25, -0.2) is 18.0 Å². The lowest BCUT2D eigenvalue weighted by Crippen LogP contribution is -2.13. The molecule has 0 aromatic heterocycles. The highest BCUT2D eigenvalue weighted by molar-refractivity contribution is 7.90. The van der Waals surface area contributed by atoms with Crippen LogP contribution in [0.3, 0.4) is 0 Å². The first-order chi connectivity index (χ1) is 6.31. The van der Waals surface area contributed by atoms with Crippen molar-refractivity contribution in [3.8, 4) is 0 Å². The number of carbonyl (C=O) groups is 2. The van der Waals surface area contributed by atoms with Crippen LogP contribution in [0.1, 0.15) is 0 Å². The summed E-state index contributed by atoms with van der Waals surface area (Å²) in [7, 11) is -3.17. The van der Waals surface area contributed by atoms with Crippen molar-refractivity contribution in [1.29, 1.82) is 0 Å². The van der Waals surface area contributed by atoms with Gasteiger partial charge in [0, 0.05) is 18.4 Å². The normalized spacial score (nSPS) is 11.5. The van der Waals surface area contributed by atoms with Crippen molar-refractivity contribution in [1.82, 2.24) is 0 Å². The maximum Gasteiger partial charge on any atom is 0.331 e. The highest BCUT2D eigenvalue weighted by Crippen LogP contribution is 1.86. The highest BCUT2D eigenvalue weighted by atomic mass is 32.2. The molecule has 0 aliphatic rings. The molecular formula is C7H10O6S. The molecular weight excluding hydrogens is 212 g/mol. The molecule has 1 N–H and O–H groups in total. The Hall–Kier alpha value is -1.37. The van der Waals surface area contributed by atoms with E-state index < -0.39 is 21.8 Å². The van der Waals surface area contributed by atoms with E-state index in [4.69, 9.17) is 5.11 Å². The van der Waals surface area contributed by atoms with Crippen LogP contribution in [0, 0.1) is 0 Å². The number of rotatable bonds is 5. The maximum absolute atomic E-state index is 10.7. The maximum atomic E-state index is 10.7. The van der Waals surface area contributed by atoms with Crippen LogP contribution in [0.2, 0.25) is 0 Å². The van der Waals surface area contributed by atoms with Crippen molar-refractivity contribution in [3.63, 3.8) is 0 Å². The summed E-state index contributed by atoms with van der Waals surface area (Å²) in [6.07, 6.45) is 2.33. The summed E-state index contributed by atoms with van der Waals surface area (Å²) in [6.45, 7) is -0.276. The summed E-state index contributed by atoms with van der Waals surface area (Å²) in [5.74, 6) is -2.43. The van der Waals surface area contributed by atoms with E-state index in [2.05, 4.69) is 4.74 Å². The molecule has 0 aliphatic carbocycles. The molecule has 0 saturated heterocycles. The van der Waals surface area contributed by atoms with Gasteiger partial charge in [0.05, 0.1) is 5.75 Å². The summed E-state index contributed by atoms with van der Waals surface area (Å²) in [5.41, 5.74) is 0. The first kappa shape index (κ1) is 12.6. The molecule has 0 radical (unpaired) electrons. The molecule has 0 atom stereocenters. The average molecular weight is 222 g/mol. The van der Waals surface area contributed by atoms with E-state index >= 15 is 0 Å². The summed E-state index contributed by atoms with van der Waals surface area (Å²) in [5, 5.41) is 8.13. The molecule has 0 saturated carbocycles. The van der Waals surface area contributed by atoms with Crippen LogP contribution in [0.4, 0.5) is 0 Å². The van der Waals surface area contributed by atoms with E-state index in [-0.39, 0.29) is 12.4 Å². The van der Waals surface area contributed by atoms with Crippen LogP contribution in [0.15, 0.2) is 12.2 Å². The fourth-order valence-electron chi connectivity index (χ4n) is 0.481. The lowest BCUT2D eigenvalue weighted by molar-refractivity contribution is -0.138. The monoisotopic (exact) mass is 222 g/mol. The molecule has 0 aromatic carbocycles. The summed E-state index contributed by atoms with van der Waals surface area (Å²) in [4.78, 5) is 20.6. The molecule has 0 aliphatic heterocycles. The smallest absolute Gasteiger partial charge is 0.331 e. The number of hydrogen-bond acceptors (Lipinski definition) is 5. The minimum absolute atomic E-state index is 0.276. The molecule has 14 heavy (non-hydrogen) atoms. The molecule has 7 heteroatoms. The van der Waals surface area contributed by atoms with E-state index in [1.165, 1.54) is 0 Å². The zero-order chi connectivity index (χ0) is 11.2. The van der Waals surface area contributed by atoms with Crippen molar-refractivity contribution in [3.05, 3.63) is 12.2 Å². The summed E-state index contributed by atoms with van der Waals surface area (Å²) in [6, 6.07) is 0. The van der Waals surface area contributed by atoms with Crippen LogP contribution in [-0.4, -0.2) is 44.1 Å². The number of aliphatic carboxylic acids is 1. The van der Waals surface area contributed by atoms with E-state index in [1.807, 2.05) is 0 Å². The Kier molecular flexibility index (Phi) is 4.85. The second-order valence-electron chi connectivity index (χ2n) is 2.47. The van der Waals surface area contributed by atoms with E-state index in [1.54, 1.807) is 0 Å². The third-order valence-corrected chi connectivity index (χ3v) is 1.97. The van der Waals surface area contributed by atoms with Crippen molar-refractivity contribution < 1.29 is 27.9 Å². The van der Waals surface area contributed by atoms with Gasteiger partial charge in [0.1, 0.15) is 6.61 Å². The number of carbonyl (C=O) groups excluding carboxylic acids is 1. The number of ether oxygens (including phenoxy) is 1. The topological polar surface area (TPSA) is 97.7 Å². The quantitative estimate of drug-likeness (QED) is 0.483. The van der Waals surface area contributed by atoms with E-state index in [0.29, 0.717) is 12.2 Å². The summed E-state index contributed by atoms with van der Waals surface area (Å²) >= 11 is 0. The standard InChI is InChI=1S/C7H10O6S/c1-14(11,12)5-4-13-7(10)3-2-6(8)9/h2-3H,4-5H2,1H3,(H,8,9). The van der Waals surface area contributed by atoms with Gasteiger partial charge in [-0.2, -0.15) is 0 Å². The molecule has 0 spiro atoms. The van der Waals surface area contributed by atoms with Crippen LogP contribution < -0.4 is 0 Å². The van der Waals surface area contributed by atoms with Gasteiger partial charge in [-0.05, 0) is 0 Å². The van der Waals surface area contributed by atoms with Crippen molar-refractivity contribution in [2.45, 2.75) is 0 Å². The number of esters is 1. The SMILES string of the molecule is CS(=O)(=O)CCOC(=O)C=CC(=O)O. The third kappa shape index (κ3) is 8.72. The Morgan fingerprint density at radius 2 is 1.93 bits per heavy atom. The Morgan fingerprint density at radius 1 is 1.36 bits per heavy atom. The number of carboxylic acid groups (broad SMARTS) is 1. The van der Waals surface area contributed by atoms with Gasteiger partial charge >= 0.3 is 11.9 Å². The predicted molar refractivity (Wildman–Crippen MR) is 47.4 cm³/mol. The molecule has 0 rings (SSSR count). The third-order valence-electron chi connectivity index (χ3n) is 1.06. The molecule has 0 heterocycles. The molecule has 80 valence electrons. The summed E-state index contributed by atoms with van der Waals surface area (Å²) < 4.78 is 25.6.